The smallest absolute Gasteiger partial charge is 0.0922 e. The highest BCUT2D eigenvalue weighted by Crippen LogP contribution is 2.20. The summed E-state index contributed by atoms with van der Waals surface area (Å²) < 4.78 is 5.69. The monoisotopic (exact) mass is 255 g/mol. The van der Waals surface area contributed by atoms with Crippen LogP contribution in [0.25, 0.3) is 0 Å². The molecule has 0 radical (unpaired) electrons. The van der Waals surface area contributed by atoms with Gasteiger partial charge >= 0.3 is 0 Å². The molecule has 0 saturated carbocycles. The van der Waals surface area contributed by atoms with Crippen LogP contribution in [0, 0.1) is 0 Å². The summed E-state index contributed by atoms with van der Waals surface area (Å²) >= 11 is 1.62. The van der Waals surface area contributed by atoms with E-state index in [0.717, 1.165) is 18.4 Å². The molecule has 2 rings (SSSR count). The number of aliphatic hydroxyl groups excluding tert-OH is 1. The van der Waals surface area contributed by atoms with Crippen molar-refractivity contribution in [3.8, 4) is 0 Å². The molecule has 2 heterocycles. The van der Waals surface area contributed by atoms with Crippen molar-refractivity contribution < 1.29 is 9.84 Å². The first-order valence-electron chi connectivity index (χ1n) is 6.24. The van der Waals surface area contributed by atoms with E-state index >= 15 is 0 Å². The Morgan fingerprint density at radius 3 is 2.76 bits per heavy atom. The second-order valence-corrected chi connectivity index (χ2v) is 5.69. The molecular formula is C13H21NO2S. The Labute approximate surface area is 107 Å². The van der Waals surface area contributed by atoms with Crippen LogP contribution in [-0.2, 0) is 4.74 Å². The van der Waals surface area contributed by atoms with Gasteiger partial charge in [-0.3, -0.25) is 0 Å². The number of hydrogen-bond acceptors (Lipinski definition) is 4. The fourth-order valence-electron chi connectivity index (χ4n) is 2.43. The molecule has 1 aliphatic heterocycles. The third kappa shape index (κ3) is 3.78. The predicted octanol–water partition coefficient (Wildman–Crippen LogP) is 2.33. The fraction of sp³-hybridized carbons (Fsp3) is 0.692. The number of ether oxygens (including phenoxy) is 1. The lowest BCUT2D eigenvalue weighted by molar-refractivity contribution is -0.0433. The van der Waals surface area contributed by atoms with Gasteiger partial charge in [0.2, 0.25) is 0 Å². The van der Waals surface area contributed by atoms with Gasteiger partial charge in [-0.2, -0.15) is 11.3 Å². The minimum Gasteiger partial charge on any atom is -0.387 e. The summed E-state index contributed by atoms with van der Waals surface area (Å²) in [5.74, 6) is 0. The van der Waals surface area contributed by atoms with Gasteiger partial charge in [0.25, 0.3) is 0 Å². The third-order valence-electron chi connectivity index (χ3n) is 3.23. The first kappa shape index (κ1) is 13.0. The van der Waals surface area contributed by atoms with E-state index in [-0.39, 0.29) is 0 Å². The molecule has 17 heavy (non-hydrogen) atoms. The zero-order valence-electron chi connectivity index (χ0n) is 10.4. The van der Waals surface area contributed by atoms with E-state index in [4.69, 9.17) is 4.74 Å². The molecule has 0 aromatic carbocycles. The van der Waals surface area contributed by atoms with Crippen LogP contribution >= 0.6 is 11.3 Å². The summed E-state index contributed by atoms with van der Waals surface area (Å²) in [5, 5.41) is 17.4. The minimum absolute atomic E-state index is 0.314. The van der Waals surface area contributed by atoms with Gasteiger partial charge in [0.05, 0.1) is 18.3 Å². The summed E-state index contributed by atoms with van der Waals surface area (Å²) in [6, 6.07) is 2.44. The summed E-state index contributed by atoms with van der Waals surface area (Å²) in [6.45, 7) is 4.85. The van der Waals surface area contributed by atoms with Crippen LogP contribution in [0.15, 0.2) is 16.8 Å². The summed E-state index contributed by atoms with van der Waals surface area (Å²) in [6.07, 6.45) is 2.29. The molecule has 4 heteroatoms. The van der Waals surface area contributed by atoms with Gasteiger partial charge in [-0.25, -0.2) is 0 Å². The van der Waals surface area contributed by atoms with Gasteiger partial charge in [-0.1, -0.05) is 0 Å². The molecule has 0 aliphatic carbocycles. The van der Waals surface area contributed by atoms with E-state index in [9.17, 15) is 5.11 Å². The molecule has 3 nitrogen and oxygen atoms in total. The maximum absolute atomic E-state index is 9.98. The summed E-state index contributed by atoms with van der Waals surface area (Å²) in [4.78, 5) is 0. The molecule has 1 fully saturated rings. The van der Waals surface area contributed by atoms with Crippen molar-refractivity contribution in [3.63, 3.8) is 0 Å². The molecule has 1 aromatic heterocycles. The Hall–Kier alpha value is -0.420. The summed E-state index contributed by atoms with van der Waals surface area (Å²) in [5.41, 5.74) is 1.01. The van der Waals surface area contributed by atoms with Crippen molar-refractivity contribution in [2.75, 3.05) is 6.54 Å². The number of thiophene rings is 1. The second-order valence-electron chi connectivity index (χ2n) is 4.91. The largest absolute Gasteiger partial charge is 0.387 e. The minimum atomic E-state index is -0.394. The first-order chi connectivity index (χ1) is 8.15. The van der Waals surface area contributed by atoms with E-state index in [0.29, 0.717) is 24.8 Å². The molecule has 3 atom stereocenters. The Morgan fingerprint density at radius 2 is 2.18 bits per heavy atom. The molecule has 0 spiro atoms. The lowest BCUT2D eigenvalue weighted by Gasteiger charge is -2.33. The Balaban J connectivity index is 1.78. The van der Waals surface area contributed by atoms with Gasteiger partial charge in [0.1, 0.15) is 0 Å². The average molecular weight is 255 g/mol. The van der Waals surface area contributed by atoms with E-state index in [2.05, 4.69) is 19.2 Å². The van der Waals surface area contributed by atoms with E-state index < -0.39 is 6.10 Å². The highest BCUT2D eigenvalue weighted by atomic mass is 32.1. The number of rotatable bonds is 4. The molecule has 0 amide bonds. The van der Waals surface area contributed by atoms with Crippen molar-refractivity contribution in [2.45, 2.75) is 51.0 Å². The molecule has 1 aromatic rings. The van der Waals surface area contributed by atoms with Crippen LogP contribution in [-0.4, -0.2) is 29.9 Å². The molecule has 1 saturated heterocycles. The van der Waals surface area contributed by atoms with Crippen molar-refractivity contribution in [3.05, 3.63) is 22.4 Å². The van der Waals surface area contributed by atoms with Gasteiger partial charge < -0.3 is 15.2 Å². The van der Waals surface area contributed by atoms with E-state index in [1.807, 2.05) is 16.8 Å². The molecule has 3 unspecified atom stereocenters. The van der Waals surface area contributed by atoms with Crippen molar-refractivity contribution in [2.24, 2.45) is 0 Å². The number of hydrogen-bond donors (Lipinski definition) is 2. The standard InChI is InChI=1S/C13H21NO2S/c1-9-5-12(6-10(2)16-9)14-7-13(15)11-3-4-17-8-11/h3-4,8-10,12-15H,5-7H2,1-2H3. The average Bonchev–Trinajstić information content (AvgIpc) is 2.78. The van der Waals surface area contributed by atoms with Crippen LogP contribution < -0.4 is 5.32 Å². The van der Waals surface area contributed by atoms with Crippen molar-refractivity contribution >= 4 is 11.3 Å². The van der Waals surface area contributed by atoms with Crippen LogP contribution in [0.3, 0.4) is 0 Å². The van der Waals surface area contributed by atoms with Crippen molar-refractivity contribution in [1.29, 1.82) is 0 Å². The third-order valence-corrected chi connectivity index (χ3v) is 3.93. The number of aliphatic hydroxyl groups is 1. The quantitative estimate of drug-likeness (QED) is 0.867. The van der Waals surface area contributed by atoms with Gasteiger partial charge in [-0.05, 0) is 49.1 Å². The Kier molecular flexibility index (Phi) is 4.56. The van der Waals surface area contributed by atoms with Gasteiger partial charge in [0.15, 0.2) is 0 Å². The molecule has 1 aliphatic rings. The topological polar surface area (TPSA) is 41.5 Å². The SMILES string of the molecule is CC1CC(NCC(O)c2ccsc2)CC(C)O1. The summed E-state index contributed by atoms with van der Waals surface area (Å²) in [7, 11) is 0. The zero-order valence-corrected chi connectivity index (χ0v) is 11.2. The molecule has 0 bridgehead atoms. The van der Waals surface area contributed by atoms with Crippen LogP contribution in [0.2, 0.25) is 0 Å². The lowest BCUT2D eigenvalue weighted by atomic mass is 9.99. The van der Waals surface area contributed by atoms with Gasteiger partial charge in [-0.15, -0.1) is 0 Å². The maximum Gasteiger partial charge on any atom is 0.0922 e. The first-order valence-corrected chi connectivity index (χ1v) is 7.18. The highest BCUT2D eigenvalue weighted by Gasteiger charge is 2.24. The fourth-order valence-corrected chi connectivity index (χ4v) is 3.14. The predicted molar refractivity (Wildman–Crippen MR) is 70.3 cm³/mol. The van der Waals surface area contributed by atoms with Gasteiger partial charge in [0, 0.05) is 12.6 Å². The van der Waals surface area contributed by atoms with Crippen LogP contribution in [0.4, 0.5) is 0 Å². The molecule has 2 N–H and O–H groups in total. The van der Waals surface area contributed by atoms with Crippen LogP contribution in [0.5, 0.6) is 0 Å². The Bertz CT molecular complexity index is 318. The van der Waals surface area contributed by atoms with E-state index in [1.165, 1.54) is 0 Å². The van der Waals surface area contributed by atoms with Crippen molar-refractivity contribution in [1.82, 2.24) is 5.32 Å². The number of nitrogens with one attached hydrogen (secondary N) is 1. The van der Waals surface area contributed by atoms with Crippen LogP contribution in [0.1, 0.15) is 38.4 Å². The molecular weight excluding hydrogens is 234 g/mol. The Morgan fingerprint density at radius 1 is 1.47 bits per heavy atom. The normalized spacial score (nSPS) is 31.4. The highest BCUT2D eigenvalue weighted by molar-refractivity contribution is 7.07. The zero-order chi connectivity index (χ0) is 12.3. The van der Waals surface area contributed by atoms with E-state index in [1.54, 1.807) is 11.3 Å². The maximum atomic E-state index is 9.98. The lowest BCUT2D eigenvalue weighted by Crippen LogP contribution is -2.42. The molecule has 96 valence electrons. The second kappa shape index (κ2) is 5.96.